The Morgan fingerprint density at radius 1 is 1.22 bits per heavy atom. The number of ether oxygens (including phenoxy) is 1. The molecule has 0 atom stereocenters. The normalized spacial score (nSPS) is 14.3. The van der Waals surface area contributed by atoms with Gasteiger partial charge in [0.15, 0.2) is 15.0 Å². The van der Waals surface area contributed by atoms with Crippen molar-refractivity contribution in [2.45, 2.75) is 49.2 Å². The lowest BCUT2D eigenvalue weighted by Crippen LogP contribution is -2.28. The van der Waals surface area contributed by atoms with Gasteiger partial charge in [-0.1, -0.05) is 18.9 Å². The highest BCUT2D eigenvalue weighted by molar-refractivity contribution is 7.92. The van der Waals surface area contributed by atoms with Crippen molar-refractivity contribution in [3.8, 4) is 0 Å². The second-order valence-corrected chi connectivity index (χ2v) is 10.7. The third kappa shape index (κ3) is 6.27. The van der Waals surface area contributed by atoms with Crippen LogP contribution in [0.4, 0.5) is 15.6 Å². The molecule has 9 nitrogen and oxygen atoms in total. The number of nitrogens with one attached hydrogen (secondary N) is 3. The summed E-state index contributed by atoms with van der Waals surface area (Å²) in [6.45, 7) is 2.66. The first-order valence-corrected chi connectivity index (χ1v) is 12.8. The molecule has 1 aromatic heterocycles. The Kier molecular flexibility index (Phi) is 8.21. The molecule has 174 valence electrons. The van der Waals surface area contributed by atoms with Gasteiger partial charge in [0.25, 0.3) is 0 Å². The number of sulfone groups is 1. The molecule has 1 aromatic carbocycles. The highest BCUT2D eigenvalue weighted by Crippen LogP contribution is 2.33. The summed E-state index contributed by atoms with van der Waals surface area (Å²) in [5.41, 5.74) is 1.58. The molecule has 1 aliphatic carbocycles. The Labute approximate surface area is 191 Å². The third-order valence-corrected chi connectivity index (χ3v) is 8.28. The molecule has 1 aliphatic rings. The first-order chi connectivity index (χ1) is 15.3. The fourth-order valence-electron chi connectivity index (χ4n) is 3.56. The summed E-state index contributed by atoms with van der Waals surface area (Å²) < 4.78 is 31.1. The van der Waals surface area contributed by atoms with Crippen LogP contribution in [0.15, 0.2) is 28.5 Å². The quantitative estimate of drug-likeness (QED) is 0.474. The predicted molar refractivity (Wildman–Crippen MR) is 124 cm³/mol. The maximum Gasteiger partial charge on any atom is 0.325 e. The second kappa shape index (κ2) is 10.9. The van der Waals surface area contributed by atoms with Crippen LogP contribution in [0.2, 0.25) is 0 Å². The van der Waals surface area contributed by atoms with E-state index in [4.69, 9.17) is 4.74 Å². The minimum absolute atomic E-state index is 0.0885. The summed E-state index contributed by atoms with van der Waals surface area (Å²) in [6.07, 6.45) is 3.17. The topological polar surface area (TPSA) is 126 Å². The Bertz CT molecular complexity index is 1060. The molecule has 0 spiro atoms. The fraction of sp³-hybridized carbons (Fsp3) is 0.476. The molecule has 32 heavy (non-hydrogen) atoms. The van der Waals surface area contributed by atoms with Crippen LogP contribution in [0.1, 0.15) is 36.9 Å². The van der Waals surface area contributed by atoms with E-state index in [1.165, 1.54) is 11.3 Å². The zero-order chi connectivity index (χ0) is 23.1. The highest BCUT2D eigenvalue weighted by Gasteiger charge is 2.32. The number of aromatic nitrogens is 1. The molecule has 3 N–H and O–H groups in total. The molecule has 1 fully saturated rings. The van der Waals surface area contributed by atoms with Crippen LogP contribution < -0.4 is 16.0 Å². The van der Waals surface area contributed by atoms with Crippen LogP contribution in [0.25, 0.3) is 0 Å². The first kappa shape index (κ1) is 24.1. The number of carbonyl (C=O) groups is 2. The molecule has 0 bridgehead atoms. The Morgan fingerprint density at radius 3 is 2.69 bits per heavy atom. The Morgan fingerprint density at radius 2 is 1.97 bits per heavy atom. The van der Waals surface area contributed by atoms with Crippen molar-refractivity contribution in [2.75, 3.05) is 30.9 Å². The van der Waals surface area contributed by atoms with E-state index in [1.54, 1.807) is 30.7 Å². The molecule has 1 saturated carbocycles. The van der Waals surface area contributed by atoms with Crippen molar-refractivity contribution in [1.29, 1.82) is 0 Å². The van der Waals surface area contributed by atoms with E-state index < -0.39 is 21.1 Å². The lowest BCUT2D eigenvalue weighted by atomic mass is 10.2. The summed E-state index contributed by atoms with van der Waals surface area (Å²) in [4.78, 5) is 28.8. The maximum atomic E-state index is 13.1. The minimum Gasteiger partial charge on any atom is -0.383 e. The average Bonchev–Trinajstić information content (AvgIpc) is 3.42. The fourth-order valence-corrected chi connectivity index (χ4v) is 6.36. The summed E-state index contributed by atoms with van der Waals surface area (Å²) in [5.74, 6) is -0.190. The van der Waals surface area contributed by atoms with Gasteiger partial charge in [0, 0.05) is 19.0 Å². The van der Waals surface area contributed by atoms with Gasteiger partial charge in [-0.25, -0.2) is 18.2 Å². The molecular weight excluding hydrogens is 452 g/mol. The number of rotatable bonds is 9. The van der Waals surface area contributed by atoms with Crippen LogP contribution in [-0.2, 0) is 25.8 Å². The number of thiazole rings is 1. The van der Waals surface area contributed by atoms with Crippen LogP contribution in [-0.4, -0.2) is 50.9 Å². The van der Waals surface area contributed by atoms with E-state index in [0.29, 0.717) is 36.8 Å². The molecule has 3 amide bonds. The number of methoxy groups -OCH3 is 1. The van der Waals surface area contributed by atoms with Gasteiger partial charge < -0.3 is 15.4 Å². The van der Waals surface area contributed by atoms with Crippen LogP contribution >= 0.6 is 11.3 Å². The summed E-state index contributed by atoms with van der Waals surface area (Å²) in [6, 6.07) is 4.37. The van der Waals surface area contributed by atoms with Gasteiger partial charge in [0.2, 0.25) is 5.91 Å². The third-order valence-electron chi connectivity index (χ3n) is 5.18. The number of hydrogen-bond donors (Lipinski definition) is 3. The summed E-state index contributed by atoms with van der Waals surface area (Å²) in [7, 11) is -1.98. The number of hydrogen-bond acceptors (Lipinski definition) is 7. The molecule has 0 saturated heterocycles. The molecule has 1 heterocycles. The predicted octanol–water partition coefficient (Wildman–Crippen LogP) is 3.12. The van der Waals surface area contributed by atoms with E-state index in [1.807, 2.05) is 6.92 Å². The van der Waals surface area contributed by atoms with Crippen molar-refractivity contribution < 1.29 is 22.7 Å². The monoisotopic (exact) mass is 480 g/mol. The van der Waals surface area contributed by atoms with Crippen LogP contribution in [0, 0.1) is 6.92 Å². The van der Waals surface area contributed by atoms with E-state index in [-0.39, 0.29) is 22.9 Å². The molecule has 11 heteroatoms. The smallest absolute Gasteiger partial charge is 0.325 e. The van der Waals surface area contributed by atoms with Gasteiger partial charge in [-0.3, -0.25) is 10.1 Å². The first-order valence-electron chi connectivity index (χ1n) is 10.4. The van der Waals surface area contributed by atoms with Crippen molar-refractivity contribution in [1.82, 2.24) is 10.3 Å². The van der Waals surface area contributed by atoms with E-state index in [2.05, 4.69) is 20.9 Å². The molecule has 2 aromatic rings. The molecular formula is C21H28N4O5S2. The highest BCUT2D eigenvalue weighted by atomic mass is 32.2. The number of carbonyl (C=O) groups excluding carboxylic acids is 2. The molecule has 0 unspecified atom stereocenters. The van der Waals surface area contributed by atoms with E-state index in [9.17, 15) is 18.0 Å². The Balaban J connectivity index is 1.65. The zero-order valence-electron chi connectivity index (χ0n) is 18.1. The van der Waals surface area contributed by atoms with E-state index in [0.717, 1.165) is 18.4 Å². The Hall–Kier alpha value is -2.50. The number of benzene rings is 1. The number of aryl methyl sites for hydroxylation is 1. The number of nitrogens with zero attached hydrogens (tertiary/aromatic N) is 1. The van der Waals surface area contributed by atoms with Gasteiger partial charge in [0.05, 0.1) is 34.6 Å². The molecule has 3 rings (SSSR count). The summed E-state index contributed by atoms with van der Waals surface area (Å²) in [5, 5.41) is 9.55. The zero-order valence-corrected chi connectivity index (χ0v) is 19.8. The van der Waals surface area contributed by atoms with Crippen molar-refractivity contribution in [3.63, 3.8) is 0 Å². The van der Waals surface area contributed by atoms with E-state index >= 15 is 0 Å². The van der Waals surface area contributed by atoms with Crippen molar-refractivity contribution in [2.24, 2.45) is 0 Å². The largest absolute Gasteiger partial charge is 0.383 e. The average molecular weight is 481 g/mol. The SMILES string of the molecule is COCCNC(=O)Cc1csc(NC(=O)Nc2ccc(C)cc2S(=O)(=O)C2CCCC2)n1. The van der Waals surface area contributed by atoms with Gasteiger partial charge in [-0.05, 0) is 37.5 Å². The minimum atomic E-state index is -3.54. The van der Waals surface area contributed by atoms with Gasteiger partial charge in [0.1, 0.15) is 0 Å². The van der Waals surface area contributed by atoms with Gasteiger partial charge in [-0.2, -0.15) is 0 Å². The molecule has 0 radical (unpaired) electrons. The van der Waals surface area contributed by atoms with Crippen LogP contribution in [0.5, 0.6) is 0 Å². The van der Waals surface area contributed by atoms with Gasteiger partial charge in [-0.15, -0.1) is 11.3 Å². The standard InChI is InChI=1S/C21H28N4O5S2/c1-14-7-8-17(18(11-14)32(28,29)16-5-3-4-6-16)24-20(27)25-21-23-15(13-31-21)12-19(26)22-9-10-30-2/h7-8,11,13,16H,3-6,9-10,12H2,1-2H3,(H,22,26)(H2,23,24,25,27). The van der Waals surface area contributed by atoms with Gasteiger partial charge >= 0.3 is 6.03 Å². The summed E-state index contributed by atoms with van der Waals surface area (Å²) >= 11 is 1.19. The molecule has 0 aliphatic heterocycles. The van der Waals surface area contributed by atoms with Crippen molar-refractivity contribution in [3.05, 3.63) is 34.8 Å². The lowest BCUT2D eigenvalue weighted by molar-refractivity contribution is -0.120. The number of amides is 3. The second-order valence-electron chi connectivity index (χ2n) is 7.69. The number of anilines is 2. The van der Waals surface area contributed by atoms with Crippen LogP contribution in [0.3, 0.4) is 0 Å². The lowest BCUT2D eigenvalue weighted by Gasteiger charge is -2.16. The number of urea groups is 1. The maximum absolute atomic E-state index is 13.1. The van der Waals surface area contributed by atoms with Crippen molar-refractivity contribution >= 4 is 43.9 Å².